The average molecular weight is 299 g/mol. The van der Waals surface area contributed by atoms with Crippen molar-refractivity contribution in [2.24, 2.45) is 0 Å². The summed E-state index contributed by atoms with van der Waals surface area (Å²) in [6.45, 7) is 3.09. The summed E-state index contributed by atoms with van der Waals surface area (Å²) in [5, 5.41) is 12.4. The fraction of sp³-hybridized carbons (Fsp3) is 0.176. The predicted molar refractivity (Wildman–Crippen MR) is 82.4 cm³/mol. The van der Waals surface area contributed by atoms with Crippen molar-refractivity contribution in [2.45, 2.75) is 20.0 Å². The Hall–Kier alpha value is -2.82. The number of nitrogens with one attached hydrogen (secondary N) is 1. The maximum atomic E-state index is 12.4. The van der Waals surface area contributed by atoms with Crippen molar-refractivity contribution in [1.29, 1.82) is 0 Å². The number of phenols is 1. The van der Waals surface area contributed by atoms with Gasteiger partial charge in [-0.3, -0.25) is 9.59 Å². The molecular formula is C17H17NO4. The van der Waals surface area contributed by atoms with E-state index >= 15 is 0 Å². The van der Waals surface area contributed by atoms with Gasteiger partial charge < -0.3 is 15.2 Å². The molecule has 5 nitrogen and oxygen atoms in total. The van der Waals surface area contributed by atoms with Crippen LogP contribution in [-0.2, 0) is 14.3 Å². The zero-order chi connectivity index (χ0) is 16.1. The highest BCUT2D eigenvalue weighted by atomic mass is 16.5. The lowest BCUT2D eigenvalue weighted by molar-refractivity contribution is -0.152. The molecule has 2 aromatic carbocycles. The number of hydrogen-bond acceptors (Lipinski definition) is 4. The van der Waals surface area contributed by atoms with E-state index in [4.69, 9.17) is 4.74 Å². The summed E-state index contributed by atoms with van der Waals surface area (Å²) in [6.07, 6.45) is -1.07. The van der Waals surface area contributed by atoms with Crippen molar-refractivity contribution in [1.82, 2.24) is 0 Å². The van der Waals surface area contributed by atoms with Gasteiger partial charge in [0, 0.05) is 12.5 Å². The predicted octanol–water partition coefficient (Wildman–Crippen LogP) is 2.94. The number of esters is 1. The fourth-order valence-corrected chi connectivity index (χ4v) is 2.02. The highest BCUT2D eigenvalue weighted by Gasteiger charge is 2.24. The first-order valence-electron chi connectivity index (χ1n) is 6.80. The lowest BCUT2D eigenvalue weighted by atomic mass is 10.1. The summed E-state index contributed by atoms with van der Waals surface area (Å²) in [6, 6.07) is 13.6. The van der Waals surface area contributed by atoms with Crippen LogP contribution in [-0.4, -0.2) is 17.0 Å². The van der Waals surface area contributed by atoms with Crippen LogP contribution in [0.3, 0.4) is 0 Å². The third-order valence-electron chi connectivity index (χ3n) is 3.03. The van der Waals surface area contributed by atoms with Crippen molar-refractivity contribution in [3.63, 3.8) is 0 Å². The van der Waals surface area contributed by atoms with Gasteiger partial charge in [0.25, 0.3) is 5.91 Å². The SMILES string of the molecule is CC(=O)O[C@H](C(=O)Nc1cc(C)ccc1O)c1ccccc1. The van der Waals surface area contributed by atoms with Crippen LogP contribution in [0.5, 0.6) is 5.75 Å². The Balaban J connectivity index is 2.26. The van der Waals surface area contributed by atoms with Crippen LogP contribution in [0, 0.1) is 6.92 Å². The van der Waals surface area contributed by atoms with Crippen molar-refractivity contribution >= 4 is 17.6 Å². The van der Waals surface area contributed by atoms with E-state index < -0.39 is 18.0 Å². The van der Waals surface area contributed by atoms with Crippen LogP contribution in [0.2, 0.25) is 0 Å². The fourth-order valence-electron chi connectivity index (χ4n) is 2.02. The molecule has 0 aromatic heterocycles. The minimum absolute atomic E-state index is 0.0476. The number of benzene rings is 2. The normalized spacial score (nSPS) is 11.5. The first kappa shape index (κ1) is 15.6. The molecule has 0 heterocycles. The van der Waals surface area contributed by atoms with E-state index in [1.54, 1.807) is 42.5 Å². The number of carbonyl (C=O) groups excluding carboxylic acids is 2. The minimum atomic E-state index is -1.07. The minimum Gasteiger partial charge on any atom is -0.506 e. The van der Waals surface area contributed by atoms with Crippen LogP contribution in [0.4, 0.5) is 5.69 Å². The van der Waals surface area contributed by atoms with Crippen LogP contribution in [0.15, 0.2) is 48.5 Å². The highest BCUT2D eigenvalue weighted by molar-refractivity contribution is 5.97. The molecule has 2 aromatic rings. The van der Waals surface area contributed by atoms with Gasteiger partial charge in [0.2, 0.25) is 6.10 Å². The number of anilines is 1. The first-order chi connectivity index (χ1) is 10.5. The van der Waals surface area contributed by atoms with Gasteiger partial charge in [-0.25, -0.2) is 0 Å². The number of carbonyl (C=O) groups is 2. The van der Waals surface area contributed by atoms with E-state index in [1.165, 1.54) is 13.0 Å². The smallest absolute Gasteiger partial charge is 0.303 e. The lowest BCUT2D eigenvalue weighted by Gasteiger charge is -2.17. The summed E-state index contributed by atoms with van der Waals surface area (Å²) >= 11 is 0. The van der Waals surface area contributed by atoms with Crippen molar-refractivity contribution < 1.29 is 19.4 Å². The molecule has 0 fully saturated rings. The second kappa shape index (κ2) is 6.76. The molecule has 2 rings (SSSR count). The van der Waals surface area contributed by atoms with Crippen molar-refractivity contribution in [2.75, 3.05) is 5.32 Å². The zero-order valence-electron chi connectivity index (χ0n) is 12.4. The van der Waals surface area contributed by atoms with Gasteiger partial charge in [-0.1, -0.05) is 36.4 Å². The summed E-state index contributed by atoms with van der Waals surface area (Å²) in [7, 11) is 0. The Morgan fingerprint density at radius 2 is 1.82 bits per heavy atom. The Morgan fingerprint density at radius 1 is 1.14 bits per heavy atom. The summed E-state index contributed by atoms with van der Waals surface area (Å²) in [5.41, 5.74) is 1.72. The van der Waals surface area contributed by atoms with E-state index in [9.17, 15) is 14.7 Å². The number of aromatic hydroxyl groups is 1. The largest absolute Gasteiger partial charge is 0.506 e. The molecule has 0 saturated heterocycles. The van der Waals surface area contributed by atoms with Crippen molar-refractivity contribution in [3.8, 4) is 5.75 Å². The van der Waals surface area contributed by atoms with Gasteiger partial charge >= 0.3 is 5.97 Å². The number of aryl methyl sites for hydroxylation is 1. The number of ether oxygens (including phenoxy) is 1. The number of amides is 1. The summed E-state index contributed by atoms with van der Waals surface area (Å²) in [4.78, 5) is 23.7. The standard InChI is InChI=1S/C17H17NO4/c1-11-8-9-15(20)14(10-11)18-17(21)16(22-12(2)19)13-6-4-3-5-7-13/h3-10,16,20H,1-2H3,(H,18,21)/t16-/m0/s1. The molecular weight excluding hydrogens is 282 g/mol. The van der Waals surface area contributed by atoms with Gasteiger partial charge in [0.15, 0.2) is 0 Å². The van der Waals surface area contributed by atoms with E-state index in [2.05, 4.69) is 5.32 Å². The molecule has 0 unspecified atom stereocenters. The van der Waals surface area contributed by atoms with E-state index in [-0.39, 0.29) is 11.4 Å². The first-order valence-corrected chi connectivity index (χ1v) is 6.80. The lowest BCUT2D eigenvalue weighted by Crippen LogP contribution is -2.25. The Kier molecular flexibility index (Phi) is 4.78. The van der Waals surface area contributed by atoms with Gasteiger partial charge in [-0.2, -0.15) is 0 Å². The Bertz CT molecular complexity index is 682. The summed E-state index contributed by atoms with van der Waals surface area (Å²) < 4.78 is 5.11. The van der Waals surface area contributed by atoms with E-state index in [1.807, 2.05) is 6.92 Å². The average Bonchev–Trinajstić information content (AvgIpc) is 2.49. The van der Waals surface area contributed by atoms with Crippen LogP contribution in [0.1, 0.15) is 24.2 Å². The molecule has 22 heavy (non-hydrogen) atoms. The second-order valence-electron chi connectivity index (χ2n) is 4.91. The Morgan fingerprint density at radius 3 is 2.45 bits per heavy atom. The molecule has 0 bridgehead atoms. The Labute approximate surface area is 128 Å². The maximum absolute atomic E-state index is 12.4. The molecule has 0 saturated carbocycles. The van der Waals surface area contributed by atoms with Gasteiger partial charge in [0.05, 0.1) is 5.69 Å². The maximum Gasteiger partial charge on any atom is 0.303 e. The van der Waals surface area contributed by atoms with Gasteiger partial charge in [0.1, 0.15) is 5.75 Å². The molecule has 0 aliphatic heterocycles. The van der Waals surface area contributed by atoms with E-state index in [0.29, 0.717) is 5.56 Å². The highest BCUT2D eigenvalue weighted by Crippen LogP contribution is 2.26. The third-order valence-corrected chi connectivity index (χ3v) is 3.03. The third kappa shape index (κ3) is 3.85. The zero-order valence-corrected chi connectivity index (χ0v) is 12.4. The molecule has 0 aliphatic rings. The second-order valence-corrected chi connectivity index (χ2v) is 4.91. The van der Waals surface area contributed by atoms with Crippen molar-refractivity contribution in [3.05, 3.63) is 59.7 Å². The monoisotopic (exact) mass is 299 g/mol. The van der Waals surface area contributed by atoms with Gasteiger partial charge in [-0.15, -0.1) is 0 Å². The quantitative estimate of drug-likeness (QED) is 0.672. The molecule has 1 amide bonds. The summed E-state index contributed by atoms with van der Waals surface area (Å²) in [5.74, 6) is -1.13. The molecule has 114 valence electrons. The number of rotatable bonds is 4. The molecule has 5 heteroatoms. The molecule has 0 radical (unpaired) electrons. The molecule has 0 aliphatic carbocycles. The molecule has 1 atom stereocenters. The molecule has 0 spiro atoms. The molecule has 2 N–H and O–H groups in total. The van der Waals surface area contributed by atoms with Crippen LogP contribution >= 0.6 is 0 Å². The number of phenolic OH excluding ortho intramolecular Hbond substituents is 1. The van der Waals surface area contributed by atoms with Gasteiger partial charge in [-0.05, 0) is 24.6 Å². The number of hydrogen-bond donors (Lipinski definition) is 2. The topological polar surface area (TPSA) is 75.6 Å². The van der Waals surface area contributed by atoms with Crippen LogP contribution < -0.4 is 5.32 Å². The van der Waals surface area contributed by atoms with E-state index in [0.717, 1.165) is 5.56 Å². The van der Waals surface area contributed by atoms with Crippen LogP contribution in [0.25, 0.3) is 0 Å².